The van der Waals surface area contributed by atoms with Gasteiger partial charge in [-0.15, -0.1) is 0 Å². The molecule has 83 heavy (non-hydrogen) atoms. The fourth-order valence-electron chi connectivity index (χ4n) is 9.64. The molecular weight excluding hydrogens is 1130 g/mol. The van der Waals surface area contributed by atoms with Gasteiger partial charge in [0.2, 0.25) is 23.5 Å². The number of anilines is 1. The van der Waals surface area contributed by atoms with Crippen LogP contribution in [0, 0.1) is 5.92 Å². The topological polar surface area (TPSA) is 140 Å². The van der Waals surface area contributed by atoms with Gasteiger partial charge in [-0.3, -0.25) is 9.36 Å². The number of halogens is 4. The van der Waals surface area contributed by atoms with Crippen LogP contribution in [-0.2, 0) is 45.3 Å². The number of pyridine rings is 2. The van der Waals surface area contributed by atoms with Gasteiger partial charge in [0, 0.05) is 66.3 Å². The van der Waals surface area contributed by atoms with Gasteiger partial charge in [-0.1, -0.05) is 137 Å². The highest BCUT2D eigenvalue weighted by Crippen LogP contribution is 2.40. The van der Waals surface area contributed by atoms with E-state index in [1.165, 1.54) is 0 Å². The molecule has 10 aromatic rings. The smallest absolute Gasteiger partial charge is 0.410 e. The summed E-state index contributed by atoms with van der Waals surface area (Å²) in [5.41, 5.74) is 8.45. The van der Waals surface area contributed by atoms with Gasteiger partial charge in [-0.05, 0) is 98.0 Å². The number of fused-ring (bicyclic) bond motifs is 2. The number of hydrogen-bond donors (Lipinski definition) is 1. The zero-order valence-electron chi connectivity index (χ0n) is 46.5. The third-order valence-electron chi connectivity index (χ3n) is 13.8. The number of rotatable bonds is 16. The summed E-state index contributed by atoms with van der Waals surface area (Å²) in [6.07, 6.45) is -5.17. The van der Waals surface area contributed by atoms with Crippen molar-refractivity contribution in [2.24, 2.45) is 20.0 Å². The first-order valence-electron chi connectivity index (χ1n) is 27.1. The van der Waals surface area contributed by atoms with Crippen LogP contribution in [0.15, 0.2) is 186 Å². The van der Waals surface area contributed by atoms with Crippen LogP contribution < -0.4 is 24.3 Å². The van der Waals surface area contributed by atoms with Gasteiger partial charge in [0.1, 0.15) is 43.4 Å². The Kier molecular flexibility index (Phi) is 17.6. The molecule has 0 bridgehead atoms. The second-order valence-electron chi connectivity index (χ2n) is 21.1. The van der Waals surface area contributed by atoms with Crippen molar-refractivity contribution in [2.75, 3.05) is 18.4 Å². The van der Waals surface area contributed by atoms with E-state index >= 15 is 0 Å². The Labute approximate surface area is 487 Å². The Hall–Kier alpha value is -8.90. The van der Waals surface area contributed by atoms with Gasteiger partial charge >= 0.3 is 12.3 Å². The van der Waals surface area contributed by atoms with Gasteiger partial charge in [-0.2, -0.15) is 33.3 Å². The molecule has 0 saturated carbocycles. The predicted octanol–water partition coefficient (Wildman–Crippen LogP) is 14.9. The van der Waals surface area contributed by atoms with Crippen molar-refractivity contribution in [3.05, 3.63) is 209 Å². The lowest BCUT2D eigenvalue weighted by molar-refractivity contribution is -0.187. The number of carbonyl (C=O) groups is 1. The van der Waals surface area contributed by atoms with Crippen LogP contribution in [-0.4, -0.2) is 71.4 Å². The fraction of sp³-hybridized carbons (Fsp3) is 0.246. The van der Waals surface area contributed by atoms with Crippen LogP contribution in [0.2, 0.25) is 0 Å². The summed E-state index contributed by atoms with van der Waals surface area (Å²) in [6.45, 7) is 6.16. The maximum absolute atomic E-state index is 14.3. The summed E-state index contributed by atoms with van der Waals surface area (Å²) in [5, 5.41) is 14.5. The maximum atomic E-state index is 14.3. The zero-order chi connectivity index (χ0) is 58.1. The SMILES string of the molecule is Cn1nc(-c2ccc(OCc3ccccc3)nc2OCc2ccccc2)c2ccc(Br)cc21.Cn1nc(-c2ccc(OCc3ccccc3)nc2OCc2ccccc2)c2ccc(NC3CCN(C(=O)OC(C)(C)C)CC3C(F)(F)F)cc21. The fourth-order valence-corrected chi connectivity index (χ4v) is 9.99. The third-order valence-corrected chi connectivity index (χ3v) is 14.3. The summed E-state index contributed by atoms with van der Waals surface area (Å²) < 4.78 is 77.2. The van der Waals surface area contributed by atoms with E-state index < -0.39 is 36.4 Å². The molecule has 0 radical (unpaired) electrons. The Morgan fingerprint density at radius 2 is 1.01 bits per heavy atom. The number of ether oxygens (including phenoxy) is 5. The lowest BCUT2D eigenvalue weighted by Gasteiger charge is -2.40. The van der Waals surface area contributed by atoms with E-state index in [1.807, 2.05) is 163 Å². The number of aryl methyl sites for hydroxylation is 2. The molecule has 1 saturated heterocycles. The molecule has 2 unspecified atom stereocenters. The monoisotopic (exact) mass is 1190 g/mol. The maximum Gasteiger partial charge on any atom is 0.410 e. The quantitative estimate of drug-likeness (QED) is 0.0989. The highest BCUT2D eigenvalue weighted by molar-refractivity contribution is 9.10. The minimum Gasteiger partial charge on any atom is -0.473 e. The van der Waals surface area contributed by atoms with Crippen LogP contribution in [0.4, 0.5) is 23.7 Å². The summed E-state index contributed by atoms with van der Waals surface area (Å²) in [5.74, 6) is -0.0451. The van der Waals surface area contributed by atoms with Gasteiger partial charge in [0.15, 0.2) is 0 Å². The highest BCUT2D eigenvalue weighted by atomic mass is 79.9. The number of piperidine rings is 1. The first kappa shape index (κ1) is 57.3. The van der Waals surface area contributed by atoms with Crippen LogP contribution >= 0.6 is 15.9 Å². The first-order chi connectivity index (χ1) is 40.0. The normalized spacial score (nSPS) is 14.4. The molecule has 4 aromatic heterocycles. The molecule has 11 rings (SSSR count). The van der Waals surface area contributed by atoms with Crippen molar-refractivity contribution >= 4 is 49.5 Å². The molecule has 5 heterocycles. The van der Waals surface area contributed by atoms with Crippen LogP contribution in [0.1, 0.15) is 49.4 Å². The Morgan fingerprint density at radius 3 is 1.46 bits per heavy atom. The lowest BCUT2D eigenvalue weighted by atomic mass is 9.91. The second kappa shape index (κ2) is 25.5. The third kappa shape index (κ3) is 14.6. The van der Waals surface area contributed by atoms with Crippen LogP contribution in [0.25, 0.3) is 44.3 Å². The molecule has 14 nitrogen and oxygen atoms in total. The standard InChI is InChI=1S/C38H40F3N5O4.C27H22BrN3O2/c1-37(2,3)50-36(47)46-20-19-31(30(22-46)38(39,40)41)42-27-15-16-28-32(21-27)45(4)44-34(28)29-17-18-33(48-23-25-11-7-5-8-12-25)43-35(29)49-24-26-13-9-6-10-14-26;1-31-24-16-21(28)12-13-22(24)26(30-31)23-14-15-25(32-17-19-8-4-2-5-9-19)29-27(23)33-18-20-10-6-3-7-11-20/h5-18,21,30-31,42H,19-20,22-24H2,1-4H3;2-16H,17-18H2,1H3. The van der Waals surface area contributed by atoms with E-state index in [9.17, 15) is 18.0 Å². The number of aromatic nitrogens is 6. The number of benzene rings is 6. The van der Waals surface area contributed by atoms with Gasteiger partial charge in [-0.25, -0.2) is 4.79 Å². The largest absolute Gasteiger partial charge is 0.473 e. The first-order valence-corrected chi connectivity index (χ1v) is 27.9. The molecule has 1 N–H and O–H groups in total. The lowest BCUT2D eigenvalue weighted by Crippen LogP contribution is -2.54. The van der Waals surface area contributed by atoms with Gasteiger partial charge in [0.05, 0.1) is 28.1 Å². The zero-order valence-corrected chi connectivity index (χ0v) is 48.1. The molecule has 0 spiro atoms. The Bertz CT molecular complexity index is 3810. The van der Waals surface area contributed by atoms with Gasteiger partial charge < -0.3 is 33.9 Å². The molecule has 1 aliphatic rings. The van der Waals surface area contributed by atoms with Crippen LogP contribution in [0.3, 0.4) is 0 Å². The summed E-state index contributed by atoms with van der Waals surface area (Å²) in [7, 11) is 3.72. The molecule has 6 aromatic carbocycles. The van der Waals surface area contributed by atoms with Crippen molar-refractivity contribution < 1.29 is 41.7 Å². The van der Waals surface area contributed by atoms with E-state index in [1.54, 1.807) is 50.7 Å². The van der Waals surface area contributed by atoms with Crippen molar-refractivity contribution in [2.45, 2.75) is 71.4 Å². The Morgan fingerprint density at radius 1 is 0.578 bits per heavy atom. The number of alkyl halides is 3. The average molecular weight is 1190 g/mol. The van der Waals surface area contributed by atoms with E-state index in [0.717, 1.165) is 59.2 Å². The summed E-state index contributed by atoms with van der Waals surface area (Å²) >= 11 is 3.55. The number of hydrogen-bond acceptors (Lipinski definition) is 11. The number of amides is 1. The molecule has 1 amide bonds. The predicted molar refractivity (Wildman–Crippen MR) is 318 cm³/mol. The molecule has 426 valence electrons. The molecular formula is C65H62BrF3N8O6. The van der Waals surface area contributed by atoms with E-state index in [-0.39, 0.29) is 19.6 Å². The second-order valence-corrected chi connectivity index (χ2v) is 22.0. The number of likely N-dealkylation sites (tertiary alicyclic amines) is 1. The molecule has 1 fully saturated rings. The summed E-state index contributed by atoms with van der Waals surface area (Å²) in [4.78, 5) is 23.1. The molecule has 1 aliphatic heterocycles. The van der Waals surface area contributed by atoms with E-state index in [4.69, 9.17) is 43.8 Å². The van der Waals surface area contributed by atoms with Crippen molar-refractivity contribution in [3.63, 3.8) is 0 Å². The highest BCUT2D eigenvalue weighted by Gasteiger charge is 2.49. The van der Waals surface area contributed by atoms with E-state index in [2.05, 4.69) is 33.4 Å². The van der Waals surface area contributed by atoms with E-state index in [0.29, 0.717) is 65.8 Å². The number of carbonyl (C=O) groups excluding carboxylic acids is 1. The van der Waals surface area contributed by atoms with Crippen molar-refractivity contribution in [3.8, 4) is 46.0 Å². The summed E-state index contributed by atoms with van der Waals surface area (Å²) in [6, 6.07) is 57.6. The molecule has 2 atom stereocenters. The van der Waals surface area contributed by atoms with Gasteiger partial charge in [0.25, 0.3) is 0 Å². The number of nitrogens with zero attached hydrogens (tertiary/aromatic N) is 7. The van der Waals surface area contributed by atoms with Crippen molar-refractivity contribution in [1.82, 2.24) is 34.4 Å². The Balaban J connectivity index is 0.000000201. The number of nitrogens with one attached hydrogen (secondary N) is 1. The van der Waals surface area contributed by atoms with Crippen LogP contribution in [0.5, 0.6) is 23.5 Å². The molecule has 0 aliphatic carbocycles. The van der Waals surface area contributed by atoms with Crippen molar-refractivity contribution in [1.29, 1.82) is 0 Å². The molecule has 18 heteroatoms. The average Bonchev–Trinajstić information content (AvgIpc) is 3.05. The minimum atomic E-state index is -4.53. The minimum absolute atomic E-state index is 0.102.